The van der Waals surface area contributed by atoms with Gasteiger partial charge in [-0.2, -0.15) is 0 Å². The van der Waals surface area contributed by atoms with Crippen LogP contribution in [-0.4, -0.2) is 36.5 Å². The Morgan fingerprint density at radius 3 is 2.31 bits per heavy atom. The van der Waals surface area contributed by atoms with Crippen molar-refractivity contribution in [3.05, 3.63) is 47.8 Å². The molecule has 0 aliphatic heterocycles. The summed E-state index contributed by atoms with van der Waals surface area (Å²) < 4.78 is 27.9. The van der Waals surface area contributed by atoms with Gasteiger partial charge in [-0.05, 0) is 24.4 Å². The quantitative estimate of drug-likeness (QED) is 0.670. The average Bonchev–Trinajstić information content (AvgIpc) is 2.89. The van der Waals surface area contributed by atoms with Crippen LogP contribution in [0.15, 0.2) is 41.7 Å². The normalized spacial score (nSPS) is 12.5. The predicted octanol–water partition coefficient (Wildman–Crippen LogP) is 3.60. The molecule has 5 nitrogen and oxygen atoms in total. The third-order valence-electron chi connectivity index (χ3n) is 4.04. The smallest absolute Gasteiger partial charge is 0.228 e. The lowest BCUT2D eigenvalue weighted by molar-refractivity contribution is 0.278. The van der Waals surface area contributed by atoms with Gasteiger partial charge in [0.05, 0.1) is 17.6 Å². The Balaban J connectivity index is 2.32. The fourth-order valence-electron chi connectivity index (χ4n) is 3.15. The summed E-state index contributed by atoms with van der Waals surface area (Å²) in [4.78, 5) is 6.53. The van der Waals surface area contributed by atoms with E-state index in [1.54, 1.807) is 6.20 Å². The lowest BCUT2D eigenvalue weighted by Gasteiger charge is -2.21. The summed E-state index contributed by atoms with van der Waals surface area (Å²) in [7, 11) is -1.43. The van der Waals surface area contributed by atoms with E-state index in [1.165, 1.54) is 0 Å². The summed E-state index contributed by atoms with van der Waals surface area (Å²) in [5.74, 6) is 0.872. The van der Waals surface area contributed by atoms with Gasteiger partial charge in [0.25, 0.3) is 0 Å². The number of hydrogen-bond donors (Lipinski definition) is 0. The summed E-state index contributed by atoms with van der Waals surface area (Å²) in [6, 6.07) is 9.28. The zero-order chi connectivity index (χ0) is 19.3. The summed E-state index contributed by atoms with van der Waals surface area (Å²) in [6.07, 6.45) is 1.72. The Hall–Kier alpha value is -1.66. The molecular formula is C20H31N3O2S. The summed E-state index contributed by atoms with van der Waals surface area (Å²) in [5, 5.41) is 0.183. The highest BCUT2D eigenvalue weighted by Crippen LogP contribution is 2.20. The molecule has 26 heavy (non-hydrogen) atoms. The first-order chi connectivity index (χ1) is 12.2. The van der Waals surface area contributed by atoms with Crippen LogP contribution >= 0.6 is 0 Å². The second-order valence-corrected chi connectivity index (χ2v) is 9.76. The van der Waals surface area contributed by atoms with Crippen molar-refractivity contribution in [2.45, 2.75) is 51.7 Å². The van der Waals surface area contributed by atoms with Gasteiger partial charge in [-0.3, -0.25) is 0 Å². The van der Waals surface area contributed by atoms with Gasteiger partial charge < -0.3 is 9.47 Å². The van der Waals surface area contributed by atoms with Crippen molar-refractivity contribution in [1.82, 2.24) is 14.5 Å². The maximum atomic E-state index is 13.0. The van der Waals surface area contributed by atoms with Crippen molar-refractivity contribution in [2.24, 2.45) is 11.8 Å². The number of imidazole rings is 1. The van der Waals surface area contributed by atoms with Crippen LogP contribution in [0.5, 0.6) is 0 Å². The van der Waals surface area contributed by atoms with Crippen LogP contribution in [-0.2, 0) is 28.7 Å². The van der Waals surface area contributed by atoms with Gasteiger partial charge >= 0.3 is 0 Å². The molecule has 0 fully saturated rings. The van der Waals surface area contributed by atoms with Crippen LogP contribution in [0.2, 0.25) is 0 Å². The highest BCUT2D eigenvalue weighted by Gasteiger charge is 2.24. The van der Waals surface area contributed by atoms with E-state index in [1.807, 2.05) is 34.9 Å². The summed E-state index contributed by atoms with van der Waals surface area (Å²) >= 11 is 0. The fraction of sp³-hybridized carbons (Fsp3) is 0.550. The zero-order valence-corrected chi connectivity index (χ0v) is 17.3. The molecule has 144 valence electrons. The molecule has 0 saturated heterocycles. The van der Waals surface area contributed by atoms with E-state index in [4.69, 9.17) is 0 Å². The SMILES string of the molecule is CC(C)CN(C)Cc1cnc(S(=O)(=O)Cc2ccccc2)n1CC(C)C. The standard InChI is InChI=1S/C20H31N3O2S/c1-16(2)12-22(5)14-19-11-21-20(23(19)13-17(3)4)26(24,25)15-18-9-7-6-8-10-18/h6-11,16-17H,12-15H2,1-5H3. The molecule has 0 N–H and O–H groups in total. The number of sulfone groups is 1. The molecule has 0 amide bonds. The minimum atomic E-state index is -3.49. The van der Waals surface area contributed by atoms with Crippen LogP contribution in [0.3, 0.4) is 0 Å². The van der Waals surface area contributed by atoms with Crippen molar-refractivity contribution in [2.75, 3.05) is 13.6 Å². The minimum absolute atomic E-state index is 0.0236. The van der Waals surface area contributed by atoms with Gasteiger partial charge in [-0.25, -0.2) is 13.4 Å². The van der Waals surface area contributed by atoms with E-state index in [2.05, 4.69) is 44.6 Å². The predicted molar refractivity (Wildman–Crippen MR) is 106 cm³/mol. The van der Waals surface area contributed by atoms with Crippen LogP contribution in [0, 0.1) is 11.8 Å². The van der Waals surface area contributed by atoms with E-state index in [0.29, 0.717) is 24.9 Å². The van der Waals surface area contributed by atoms with Crippen molar-refractivity contribution in [1.29, 1.82) is 0 Å². The highest BCUT2D eigenvalue weighted by molar-refractivity contribution is 7.90. The third-order valence-corrected chi connectivity index (χ3v) is 5.63. The Morgan fingerprint density at radius 2 is 1.73 bits per heavy atom. The van der Waals surface area contributed by atoms with E-state index in [-0.39, 0.29) is 10.9 Å². The molecule has 1 aromatic carbocycles. The van der Waals surface area contributed by atoms with E-state index < -0.39 is 9.84 Å². The molecule has 0 bridgehead atoms. The molecule has 2 rings (SSSR count). The third kappa shape index (κ3) is 5.68. The number of rotatable bonds is 9. The maximum Gasteiger partial charge on any atom is 0.228 e. The molecule has 1 heterocycles. The van der Waals surface area contributed by atoms with Crippen molar-refractivity contribution in [3.63, 3.8) is 0 Å². The Morgan fingerprint density at radius 1 is 1.08 bits per heavy atom. The lowest BCUT2D eigenvalue weighted by atomic mass is 10.2. The fourth-order valence-corrected chi connectivity index (χ4v) is 4.65. The second-order valence-electron chi connectivity index (χ2n) is 7.87. The topological polar surface area (TPSA) is 55.2 Å². The van der Waals surface area contributed by atoms with E-state index in [0.717, 1.165) is 17.8 Å². The minimum Gasteiger partial charge on any atom is -0.317 e. The van der Waals surface area contributed by atoms with Gasteiger partial charge in [0.1, 0.15) is 0 Å². The van der Waals surface area contributed by atoms with E-state index >= 15 is 0 Å². The van der Waals surface area contributed by atoms with Crippen molar-refractivity contribution < 1.29 is 8.42 Å². The summed E-state index contributed by atoms with van der Waals surface area (Å²) in [5.41, 5.74) is 1.73. The van der Waals surface area contributed by atoms with Gasteiger partial charge in [0.2, 0.25) is 15.0 Å². The Kier molecular flexibility index (Phi) is 7.01. The molecule has 0 aliphatic carbocycles. The summed E-state index contributed by atoms with van der Waals surface area (Å²) in [6.45, 7) is 10.8. The van der Waals surface area contributed by atoms with Crippen molar-refractivity contribution in [3.8, 4) is 0 Å². The number of aromatic nitrogens is 2. The largest absolute Gasteiger partial charge is 0.317 e. The Labute approximate surface area is 158 Å². The Bertz CT molecular complexity index is 796. The average molecular weight is 378 g/mol. The van der Waals surface area contributed by atoms with Crippen molar-refractivity contribution >= 4 is 9.84 Å². The number of benzene rings is 1. The molecule has 0 saturated carbocycles. The molecule has 0 aliphatic rings. The van der Waals surface area contributed by atoms with Gasteiger partial charge in [-0.15, -0.1) is 0 Å². The highest BCUT2D eigenvalue weighted by atomic mass is 32.2. The molecule has 0 atom stereocenters. The first-order valence-electron chi connectivity index (χ1n) is 9.18. The van der Waals surface area contributed by atoms with Gasteiger partial charge in [0.15, 0.2) is 0 Å². The van der Waals surface area contributed by atoms with Crippen LogP contribution < -0.4 is 0 Å². The molecule has 0 spiro atoms. The first-order valence-corrected chi connectivity index (χ1v) is 10.8. The van der Waals surface area contributed by atoms with Crippen LogP contribution in [0.25, 0.3) is 0 Å². The molecule has 0 radical (unpaired) electrons. The van der Waals surface area contributed by atoms with E-state index in [9.17, 15) is 8.42 Å². The molecule has 2 aromatic rings. The first kappa shape index (κ1) is 20.6. The monoisotopic (exact) mass is 377 g/mol. The lowest BCUT2D eigenvalue weighted by Crippen LogP contribution is -2.25. The van der Waals surface area contributed by atoms with Gasteiger partial charge in [0, 0.05) is 19.6 Å². The second kappa shape index (κ2) is 8.82. The zero-order valence-electron chi connectivity index (χ0n) is 16.5. The number of nitrogens with zero attached hydrogens (tertiary/aromatic N) is 3. The van der Waals surface area contributed by atoms with Crippen LogP contribution in [0.1, 0.15) is 39.0 Å². The maximum absolute atomic E-state index is 13.0. The molecule has 1 aromatic heterocycles. The number of hydrogen-bond acceptors (Lipinski definition) is 4. The molecule has 6 heteroatoms. The molecular weight excluding hydrogens is 346 g/mol. The molecule has 0 unspecified atom stereocenters. The van der Waals surface area contributed by atoms with Crippen LogP contribution in [0.4, 0.5) is 0 Å². The van der Waals surface area contributed by atoms with Gasteiger partial charge in [-0.1, -0.05) is 58.0 Å².